The van der Waals surface area contributed by atoms with Crippen molar-refractivity contribution in [2.75, 3.05) is 25.1 Å². The lowest BCUT2D eigenvalue weighted by molar-refractivity contribution is -0.384. The molecule has 1 fully saturated rings. The fourth-order valence-electron chi connectivity index (χ4n) is 3.40. The molecule has 2 aromatic rings. The Morgan fingerprint density at radius 2 is 2.10 bits per heavy atom. The van der Waals surface area contributed by atoms with Gasteiger partial charge in [-0.25, -0.2) is 4.79 Å². The van der Waals surface area contributed by atoms with Crippen molar-refractivity contribution < 1.29 is 23.7 Å². The minimum atomic E-state index is -0.533. The van der Waals surface area contributed by atoms with E-state index in [9.17, 15) is 19.7 Å². The zero-order valence-corrected chi connectivity index (χ0v) is 16.6. The summed E-state index contributed by atoms with van der Waals surface area (Å²) >= 11 is 0. The molecule has 1 aromatic carbocycles. The number of hydrogen-bond donors (Lipinski definition) is 1. The van der Waals surface area contributed by atoms with Crippen molar-refractivity contribution in [1.82, 2.24) is 5.32 Å². The van der Waals surface area contributed by atoms with Crippen molar-refractivity contribution in [3.63, 3.8) is 0 Å². The van der Waals surface area contributed by atoms with Gasteiger partial charge in [0.1, 0.15) is 11.4 Å². The predicted octanol–water partition coefficient (Wildman–Crippen LogP) is 2.91. The summed E-state index contributed by atoms with van der Waals surface area (Å²) < 4.78 is 9.74. The maximum Gasteiger partial charge on any atom is 0.330 e. The normalized spacial score (nSPS) is 14.6. The molecular formula is C21H23N3O6. The number of methoxy groups -OCH3 is 1. The van der Waals surface area contributed by atoms with E-state index >= 15 is 0 Å². The number of carbonyl (C=O) groups excluding carboxylic acids is 2. The van der Waals surface area contributed by atoms with Crippen LogP contribution in [0.25, 0.3) is 6.08 Å². The Kier molecular flexibility index (Phi) is 6.84. The van der Waals surface area contributed by atoms with E-state index in [0.29, 0.717) is 49.5 Å². The number of carbonyl (C=O) groups is 2. The van der Waals surface area contributed by atoms with Crippen LogP contribution in [0.15, 0.2) is 47.1 Å². The number of nitrogens with one attached hydrogen (secondary N) is 1. The largest absolute Gasteiger partial charge is 0.467 e. The van der Waals surface area contributed by atoms with E-state index in [1.165, 1.54) is 25.3 Å². The molecule has 9 heteroatoms. The highest BCUT2D eigenvalue weighted by Gasteiger charge is 2.28. The molecule has 0 radical (unpaired) electrons. The van der Waals surface area contributed by atoms with Gasteiger partial charge in [0.15, 0.2) is 0 Å². The average Bonchev–Trinajstić information content (AvgIpc) is 3.29. The van der Waals surface area contributed by atoms with Crippen LogP contribution in [0.1, 0.15) is 24.2 Å². The van der Waals surface area contributed by atoms with E-state index in [-0.39, 0.29) is 17.5 Å². The van der Waals surface area contributed by atoms with Gasteiger partial charge in [-0.3, -0.25) is 14.9 Å². The Labute approximate surface area is 173 Å². The minimum Gasteiger partial charge on any atom is -0.467 e. The zero-order chi connectivity index (χ0) is 21.5. The van der Waals surface area contributed by atoms with Crippen molar-refractivity contribution in [2.45, 2.75) is 19.4 Å². The maximum atomic E-state index is 12.4. The summed E-state index contributed by atoms with van der Waals surface area (Å²) in [5.41, 5.74) is 0.996. The van der Waals surface area contributed by atoms with E-state index in [2.05, 4.69) is 10.1 Å². The Balaban J connectivity index is 1.62. The van der Waals surface area contributed by atoms with Gasteiger partial charge in [0.2, 0.25) is 5.91 Å². The molecule has 0 atom stereocenters. The molecule has 3 rings (SSSR count). The summed E-state index contributed by atoms with van der Waals surface area (Å²) in [6.07, 6.45) is 5.45. The molecule has 0 aliphatic carbocycles. The lowest BCUT2D eigenvalue weighted by atomic mass is 9.95. The summed E-state index contributed by atoms with van der Waals surface area (Å²) in [6, 6.07) is 8.38. The Morgan fingerprint density at radius 3 is 2.73 bits per heavy atom. The highest BCUT2D eigenvalue weighted by Crippen LogP contribution is 2.32. The van der Waals surface area contributed by atoms with Crippen LogP contribution >= 0.6 is 0 Å². The third kappa shape index (κ3) is 5.25. The van der Waals surface area contributed by atoms with Crippen LogP contribution in [0.2, 0.25) is 0 Å². The molecular weight excluding hydrogens is 390 g/mol. The molecule has 1 amide bonds. The molecule has 9 nitrogen and oxygen atoms in total. The number of benzene rings is 1. The first-order chi connectivity index (χ1) is 14.5. The number of amides is 1. The van der Waals surface area contributed by atoms with E-state index < -0.39 is 10.9 Å². The second kappa shape index (κ2) is 9.73. The molecule has 0 bridgehead atoms. The van der Waals surface area contributed by atoms with Crippen LogP contribution in [0.5, 0.6) is 0 Å². The van der Waals surface area contributed by atoms with Crippen LogP contribution in [0.4, 0.5) is 11.4 Å². The van der Waals surface area contributed by atoms with Gasteiger partial charge in [-0.15, -0.1) is 0 Å². The smallest absolute Gasteiger partial charge is 0.330 e. The lowest BCUT2D eigenvalue weighted by Crippen LogP contribution is -2.40. The first-order valence-electron chi connectivity index (χ1n) is 9.57. The number of piperidine rings is 1. The van der Waals surface area contributed by atoms with E-state index in [1.54, 1.807) is 30.5 Å². The fraction of sp³-hybridized carbons (Fsp3) is 0.333. The first-order valence-corrected chi connectivity index (χ1v) is 9.57. The molecule has 1 saturated heterocycles. The lowest BCUT2D eigenvalue weighted by Gasteiger charge is -2.32. The van der Waals surface area contributed by atoms with Crippen molar-refractivity contribution in [1.29, 1.82) is 0 Å². The second-order valence-electron chi connectivity index (χ2n) is 6.92. The molecule has 2 heterocycles. The number of furan rings is 1. The number of nitro groups is 1. The van der Waals surface area contributed by atoms with Crippen molar-refractivity contribution in [3.05, 3.63) is 64.1 Å². The molecule has 1 aliphatic heterocycles. The molecule has 1 aromatic heterocycles. The van der Waals surface area contributed by atoms with Crippen molar-refractivity contribution in [2.24, 2.45) is 5.92 Å². The molecule has 0 saturated carbocycles. The number of nitrogens with zero attached hydrogens (tertiary/aromatic N) is 2. The number of anilines is 1. The number of nitro benzene ring substituents is 1. The SMILES string of the molecule is COC(=O)/C=C/c1ccc(N2CCC(C(=O)NCc3ccco3)CC2)c([N+](=O)[O-])c1. The number of esters is 1. The van der Waals surface area contributed by atoms with Crippen LogP contribution in [-0.4, -0.2) is 37.0 Å². The highest BCUT2D eigenvalue weighted by molar-refractivity contribution is 5.87. The molecule has 1 aliphatic rings. The van der Waals surface area contributed by atoms with E-state index in [4.69, 9.17) is 4.42 Å². The summed E-state index contributed by atoms with van der Waals surface area (Å²) in [7, 11) is 1.26. The standard InChI is InChI=1S/C21H23N3O6/c1-29-20(25)7-5-15-4-6-18(19(13-15)24(27)28)23-10-8-16(9-11-23)21(26)22-14-17-3-2-12-30-17/h2-7,12-13,16H,8-11,14H2,1H3,(H,22,26)/b7-5+. The van der Waals surface area contributed by atoms with Crippen molar-refractivity contribution in [3.8, 4) is 0 Å². The van der Waals surface area contributed by atoms with Gasteiger partial charge < -0.3 is 19.4 Å². The third-order valence-electron chi connectivity index (χ3n) is 5.03. The summed E-state index contributed by atoms with van der Waals surface area (Å²) in [6.45, 7) is 1.42. The van der Waals surface area contributed by atoms with E-state index in [0.717, 1.165) is 0 Å². The quantitative estimate of drug-likeness (QED) is 0.321. The van der Waals surface area contributed by atoms with Crippen LogP contribution < -0.4 is 10.2 Å². The summed E-state index contributed by atoms with van der Waals surface area (Å²) in [5.74, 6) is -0.0201. The molecule has 0 unspecified atom stereocenters. The predicted molar refractivity (Wildman–Crippen MR) is 110 cm³/mol. The highest BCUT2D eigenvalue weighted by atomic mass is 16.6. The monoisotopic (exact) mass is 413 g/mol. The molecule has 30 heavy (non-hydrogen) atoms. The Hall–Kier alpha value is -3.62. The maximum absolute atomic E-state index is 12.4. The first kappa shape index (κ1) is 21.1. The zero-order valence-electron chi connectivity index (χ0n) is 16.6. The Bertz CT molecular complexity index is 930. The molecule has 0 spiro atoms. The van der Waals surface area contributed by atoms with Crippen LogP contribution in [0, 0.1) is 16.0 Å². The number of ether oxygens (including phenoxy) is 1. The van der Waals surface area contributed by atoms with Crippen LogP contribution in [0.3, 0.4) is 0 Å². The Morgan fingerprint density at radius 1 is 1.33 bits per heavy atom. The summed E-state index contributed by atoms with van der Waals surface area (Å²) in [4.78, 5) is 36.7. The number of hydrogen-bond acceptors (Lipinski definition) is 7. The second-order valence-corrected chi connectivity index (χ2v) is 6.92. The van der Waals surface area contributed by atoms with Gasteiger partial charge in [-0.2, -0.15) is 0 Å². The van der Waals surface area contributed by atoms with Gasteiger partial charge >= 0.3 is 5.97 Å². The number of rotatable bonds is 7. The van der Waals surface area contributed by atoms with E-state index in [1.807, 2.05) is 4.90 Å². The van der Waals surface area contributed by atoms with Gasteiger partial charge in [-0.05, 0) is 42.7 Å². The van der Waals surface area contributed by atoms with Gasteiger partial charge in [0.05, 0.1) is 24.8 Å². The van der Waals surface area contributed by atoms with Gasteiger partial charge in [0, 0.05) is 31.1 Å². The van der Waals surface area contributed by atoms with Gasteiger partial charge in [0.25, 0.3) is 5.69 Å². The molecule has 158 valence electrons. The summed E-state index contributed by atoms with van der Waals surface area (Å²) in [5, 5.41) is 14.4. The molecule has 1 N–H and O–H groups in total. The fourth-order valence-corrected chi connectivity index (χ4v) is 3.40. The van der Waals surface area contributed by atoms with Crippen LogP contribution in [-0.2, 0) is 20.9 Å². The third-order valence-corrected chi connectivity index (χ3v) is 5.03. The minimum absolute atomic E-state index is 0.0381. The average molecular weight is 413 g/mol. The van der Waals surface area contributed by atoms with Crippen molar-refractivity contribution >= 4 is 29.3 Å². The topological polar surface area (TPSA) is 115 Å². The van der Waals surface area contributed by atoms with Gasteiger partial charge in [-0.1, -0.05) is 6.07 Å².